The number of furan rings is 1. The van der Waals surface area contributed by atoms with Crippen LogP contribution in [0.25, 0.3) is 0 Å². The molecule has 0 saturated heterocycles. The van der Waals surface area contributed by atoms with Crippen LogP contribution < -0.4 is 5.32 Å². The fourth-order valence-corrected chi connectivity index (χ4v) is 4.21. The average Bonchev–Trinajstić information content (AvgIpc) is 3.30. The summed E-state index contributed by atoms with van der Waals surface area (Å²) in [7, 11) is 0. The molecule has 0 aliphatic heterocycles. The highest BCUT2D eigenvalue weighted by molar-refractivity contribution is 7.99. The average molecular weight is 411 g/mol. The van der Waals surface area contributed by atoms with Crippen molar-refractivity contribution in [2.75, 3.05) is 11.1 Å². The van der Waals surface area contributed by atoms with Crippen molar-refractivity contribution in [3.63, 3.8) is 0 Å². The summed E-state index contributed by atoms with van der Waals surface area (Å²) in [5, 5.41) is 12.6. The highest BCUT2D eigenvalue weighted by atomic mass is 32.2. The Morgan fingerprint density at radius 1 is 1.17 bits per heavy atom. The molecule has 0 atom stereocenters. The highest BCUT2D eigenvalue weighted by Gasteiger charge is 2.30. The van der Waals surface area contributed by atoms with Crippen molar-refractivity contribution in [3.8, 4) is 0 Å². The van der Waals surface area contributed by atoms with Gasteiger partial charge in [0.25, 0.3) is 0 Å². The van der Waals surface area contributed by atoms with Crippen molar-refractivity contribution >= 4 is 23.4 Å². The summed E-state index contributed by atoms with van der Waals surface area (Å²) < 4.78 is 7.60. The number of hydrogen-bond donors (Lipinski definition) is 1. The topological polar surface area (TPSA) is 73.0 Å². The zero-order valence-corrected chi connectivity index (χ0v) is 17.7. The lowest BCUT2D eigenvalue weighted by Gasteiger charge is -2.14. The molecule has 0 bridgehead atoms. The number of anilines is 1. The summed E-state index contributed by atoms with van der Waals surface area (Å²) in [5.74, 6) is 2.61. The van der Waals surface area contributed by atoms with E-state index in [-0.39, 0.29) is 5.91 Å². The van der Waals surface area contributed by atoms with E-state index in [1.54, 1.807) is 6.26 Å². The van der Waals surface area contributed by atoms with E-state index >= 15 is 0 Å². The minimum Gasteiger partial charge on any atom is -0.467 e. The first kappa shape index (κ1) is 19.8. The van der Waals surface area contributed by atoms with Gasteiger partial charge in [0.2, 0.25) is 5.91 Å². The first-order valence-corrected chi connectivity index (χ1v) is 11.2. The lowest BCUT2D eigenvalue weighted by atomic mass is 10.0. The first-order chi connectivity index (χ1) is 14.2. The molecule has 1 fully saturated rings. The van der Waals surface area contributed by atoms with Crippen LogP contribution in [0.3, 0.4) is 0 Å². The van der Waals surface area contributed by atoms with Crippen molar-refractivity contribution in [2.45, 2.75) is 57.1 Å². The van der Waals surface area contributed by atoms with Gasteiger partial charge in [0.1, 0.15) is 11.6 Å². The largest absolute Gasteiger partial charge is 0.467 e. The molecule has 1 amide bonds. The summed E-state index contributed by atoms with van der Waals surface area (Å²) in [6.45, 7) is 4.81. The maximum atomic E-state index is 12.7. The molecule has 3 aromatic rings. The fourth-order valence-electron chi connectivity index (χ4n) is 3.47. The number of para-hydroxylation sites is 1. The number of amides is 1. The normalized spacial score (nSPS) is 13.6. The van der Waals surface area contributed by atoms with Crippen molar-refractivity contribution in [3.05, 3.63) is 59.3 Å². The molecular formula is C22H26N4O2S. The number of nitrogens with one attached hydrogen (secondary N) is 1. The minimum atomic E-state index is -0.0221. The molecule has 0 radical (unpaired) electrons. The fraction of sp³-hybridized carbons (Fsp3) is 0.409. The number of aromatic nitrogens is 3. The Labute approximate surface area is 175 Å². The van der Waals surface area contributed by atoms with Gasteiger partial charge in [0.05, 0.1) is 18.6 Å². The zero-order chi connectivity index (χ0) is 20.2. The van der Waals surface area contributed by atoms with Gasteiger partial charge in [0.15, 0.2) is 5.16 Å². The van der Waals surface area contributed by atoms with Gasteiger partial charge < -0.3 is 9.73 Å². The molecule has 6 nitrogen and oxygen atoms in total. The van der Waals surface area contributed by atoms with Crippen molar-refractivity contribution in [1.29, 1.82) is 0 Å². The standard InChI is InChI=1S/C22H26N4O2S/c1-3-15-7-5-8-16(4-2)20(15)23-19(27)14-29-22-25-24-21(17-10-11-17)26(22)13-18-9-6-12-28-18/h5-9,12,17H,3-4,10-11,13-14H2,1-2H3,(H,23,27). The van der Waals surface area contributed by atoms with Gasteiger partial charge in [-0.25, -0.2) is 0 Å². The predicted molar refractivity (Wildman–Crippen MR) is 114 cm³/mol. The molecule has 2 heterocycles. The predicted octanol–water partition coefficient (Wildman–Crippen LogP) is 4.65. The van der Waals surface area contributed by atoms with E-state index in [0.29, 0.717) is 18.2 Å². The van der Waals surface area contributed by atoms with E-state index in [4.69, 9.17) is 4.42 Å². The molecule has 1 aliphatic carbocycles. The molecule has 4 rings (SSSR count). The molecule has 1 aromatic carbocycles. The second kappa shape index (κ2) is 8.86. The maximum Gasteiger partial charge on any atom is 0.234 e. The summed E-state index contributed by atoms with van der Waals surface area (Å²) in [5.41, 5.74) is 3.29. The van der Waals surface area contributed by atoms with Gasteiger partial charge in [-0.1, -0.05) is 43.8 Å². The first-order valence-electron chi connectivity index (χ1n) is 10.2. The second-order valence-electron chi connectivity index (χ2n) is 7.28. The highest BCUT2D eigenvalue weighted by Crippen LogP contribution is 2.40. The lowest BCUT2D eigenvalue weighted by Crippen LogP contribution is -2.17. The molecule has 7 heteroatoms. The maximum absolute atomic E-state index is 12.7. The van der Waals surface area contributed by atoms with Gasteiger partial charge in [-0.2, -0.15) is 0 Å². The number of thioether (sulfide) groups is 1. The third-order valence-electron chi connectivity index (χ3n) is 5.18. The molecule has 0 unspecified atom stereocenters. The van der Waals surface area contributed by atoms with Crippen molar-refractivity contribution in [2.24, 2.45) is 0 Å². The number of benzene rings is 1. The molecular weight excluding hydrogens is 384 g/mol. The van der Waals surface area contributed by atoms with Gasteiger partial charge in [-0.15, -0.1) is 10.2 Å². The minimum absolute atomic E-state index is 0.0221. The summed E-state index contributed by atoms with van der Waals surface area (Å²) in [4.78, 5) is 12.7. The summed E-state index contributed by atoms with van der Waals surface area (Å²) in [6, 6.07) is 10.0. The molecule has 1 N–H and O–H groups in total. The zero-order valence-electron chi connectivity index (χ0n) is 16.9. The summed E-state index contributed by atoms with van der Waals surface area (Å²) >= 11 is 1.42. The second-order valence-corrected chi connectivity index (χ2v) is 8.22. The Hall–Kier alpha value is -2.54. The number of carbonyl (C=O) groups is 1. The number of rotatable bonds is 9. The quantitative estimate of drug-likeness (QED) is 0.520. The Balaban J connectivity index is 1.46. The number of aryl methyl sites for hydroxylation is 2. The van der Waals surface area contributed by atoms with Gasteiger partial charge in [-0.3, -0.25) is 9.36 Å². The Kier molecular flexibility index (Phi) is 6.04. The molecule has 1 saturated carbocycles. The van der Waals surface area contributed by atoms with E-state index in [9.17, 15) is 4.79 Å². The third-order valence-corrected chi connectivity index (χ3v) is 6.14. The van der Waals surface area contributed by atoms with Crippen LogP contribution in [-0.2, 0) is 24.2 Å². The van der Waals surface area contributed by atoms with E-state index < -0.39 is 0 Å². The summed E-state index contributed by atoms with van der Waals surface area (Å²) in [6.07, 6.45) is 5.74. The van der Waals surface area contributed by atoms with Crippen LogP contribution in [0, 0.1) is 0 Å². The molecule has 1 aliphatic rings. The van der Waals surface area contributed by atoms with Crippen LogP contribution in [0.1, 0.15) is 55.3 Å². The van der Waals surface area contributed by atoms with Crippen molar-refractivity contribution in [1.82, 2.24) is 14.8 Å². The lowest BCUT2D eigenvalue weighted by molar-refractivity contribution is -0.113. The Morgan fingerprint density at radius 2 is 1.93 bits per heavy atom. The van der Waals surface area contributed by atoms with Gasteiger partial charge in [0, 0.05) is 11.6 Å². The van der Waals surface area contributed by atoms with Crippen LogP contribution >= 0.6 is 11.8 Å². The Bertz CT molecular complexity index is 955. The smallest absolute Gasteiger partial charge is 0.234 e. The van der Waals surface area contributed by atoms with Gasteiger partial charge >= 0.3 is 0 Å². The molecule has 2 aromatic heterocycles. The van der Waals surface area contributed by atoms with Gasteiger partial charge in [-0.05, 0) is 48.9 Å². The van der Waals surface area contributed by atoms with Crippen LogP contribution in [0.5, 0.6) is 0 Å². The number of hydrogen-bond acceptors (Lipinski definition) is 5. The van der Waals surface area contributed by atoms with Crippen molar-refractivity contribution < 1.29 is 9.21 Å². The number of carbonyl (C=O) groups excluding carboxylic acids is 1. The van der Waals surface area contributed by atoms with Crippen LogP contribution in [0.4, 0.5) is 5.69 Å². The van der Waals surface area contributed by atoms with E-state index in [2.05, 4.69) is 52.1 Å². The SMILES string of the molecule is CCc1cccc(CC)c1NC(=O)CSc1nnc(C2CC2)n1Cc1ccco1. The van der Waals surface area contributed by atoms with E-state index in [1.165, 1.54) is 22.9 Å². The Morgan fingerprint density at radius 3 is 2.55 bits per heavy atom. The van der Waals surface area contributed by atoms with E-state index in [0.717, 1.165) is 48.1 Å². The molecule has 0 spiro atoms. The van der Waals surface area contributed by atoms with Crippen LogP contribution in [0.15, 0.2) is 46.2 Å². The molecule has 29 heavy (non-hydrogen) atoms. The number of nitrogens with zero attached hydrogens (tertiary/aromatic N) is 3. The van der Waals surface area contributed by atoms with Crippen LogP contribution in [0.2, 0.25) is 0 Å². The molecule has 152 valence electrons. The van der Waals surface area contributed by atoms with Crippen LogP contribution in [-0.4, -0.2) is 26.4 Å². The van der Waals surface area contributed by atoms with E-state index in [1.807, 2.05) is 12.1 Å². The third kappa shape index (κ3) is 4.56. The monoisotopic (exact) mass is 410 g/mol.